The number of hydrogen-bond donors (Lipinski definition) is 3. The molecule has 14 heteroatoms. The Balaban J connectivity index is 1.15. The highest BCUT2D eigenvalue weighted by Crippen LogP contribution is 2.36. The first kappa shape index (κ1) is 33.1. The van der Waals surface area contributed by atoms with Crippen LogP contribution < -0.4 is 25.5 Å². The Labute approximate surface area is 288 Å². The molecule has 0 bridgehead atoms. The van der Waals surface area contributed by atoms with Crippen LogP contribution >= 0.6 is 57.7 Å². The van der Waals surface area contributed by atoms with Gasteiger partial charge >= 0.3 is 0 Å². The summed E-state index contributed by atoms with van der Waals surface area (Å²) in [6.07, 6.45) is 1.41. The van der Waals surface area contributed by atoms with Gasteiger partial charge in [0.25, 0.3) is 11.8 Å². The van der Waals surface area contributed by atoms with Gasteiger partial charge in [-0.25, -0.2) is 10.4 Å². The third-order valence-corrected chi connectivity index (χ3v) is 8.25. The van der Waals surface area contributed by atoms with Crippen LogP contribution in [0.3, 0.4) is 0 Å². The van der Waals surface area contributed by atoms with E-state index >= 15 is 0 Å². The van der Waals surface area contributed by atoms with E-state index < -0.39 is 11.8 Å². The van der Waals surface area contributed by atoms with Gasteiger partial charge in [0.2, 0.25) is 0 Å². The van der Waals surface area contributed by atoms with E-state index in [0.29, 0.717) is 31.9 Å². The van der Waals surface area contributed by atoms with Crippen LogP contribution in [0, 0.1) is 0 Å². The van der Waals surface area contributed by atoms with Crippen molar-refractivity contribution in [3.05, 3.63) is 115 Å². The summed E-state index contributed by atoms with van der Waals surface area (Å²) in [4.78, 5) is 29.7. The SMILES string of the molecule is COc1cc(/C=N\NC(=O)c2ccc(-c3csc(Nc4ccc(Cl)cc4)n3)cc2)cc(Cl)c1OCC(=O)Nc1ccc(Cl)c(Cl)c1. The number of aromatic nitrogens is 1. The van der Waals surface area contributed by atoms with Gasteiger partial charge in [0.1, 0.15) is 0 Å². The Morgan fingerprint density at radius 3 is 2.35 bits per heavy atom. The van der Waals surface area contributed by atoms with Crippen LogP contribution in [0.5, 0.6) is 11.5 Å². The van der Waals surface area contributed by atoms with Gasteiger partial charge in [0, 0.05) is 32.9 Å². The van der Waals surface area contributed by atoms with Gasteiger partial charge in [-0.2, -0.15) is 5.10 Å². The van der Waals surface area contributed by atoms with E-state index in [0.717, 1.165) is 22.1 Å². The molecule has 5 aromatic rings. The van der Waals surface area contributed by atoms with Gasteiger partial charge in [-0.3, -0.25) is 9.59 Å². The molecule has 4 aromatic carbocycles. The van der Waals surface area contributed by atoms with E-state index in [1.807, 2.05) is 29.6 Å². The van der Waals surface area contributed by atoms with Crippen molar-refractivity contribution in [1.82, 2.24) is 10.4 Å². The molecule has 2 amide bonds. The van der Waals surface area contributed by atoms with Crippen LogP contribution in [-0.4, -0.2) is 36.7 Å². The third-order valence-electron chi connectivity index (χ3n) is 6.22. The van der Waals surface area contributed by atoms with Crippen molar-refractivity contribution < 1.29 is 19.1 Å². The monoisotopic (exact) mass is 713 g/mol. The highest BCUT2D eigenvalue weighted by atomic mass is 35.5. The summed E-state index contributed by atoms with van der Waals surface area (Å²) in [5.74, 6) is -0.410. The second-order valence-corrected chi connectivity index (χ2v) is 12.0. The molecule has 46 heavy (non-hydrogen) atoms. The van der Waals surface area contributed by atoms with Crippen LogP contribution in [0.15, 0.2) is 89.3 Å². The van der Waals surface area contributed by atoms with Crippen molar-refractivity contribution in [2.24, 2.45) is 5.10 Å². The van der Waals surface area contributed by atoms with Crippen LogP contribution in [0.4, 0.5) is 16.5 Å². The Morgan fingerprint density at radius 2 is 1.63 bits per heavy atom. The molecule has 234 valence electrons. The minimum atomic E-state index is -0.444. The number of ether oxygens (including phenoxy) is 2. The second-order valence-electron chi connectivity index (χ2n) is 9.45. The minimum Gasteiger partial charge on any atom is -0.493 e. The predicted octanol–water partition coefficient (Wildman–Crippen LogP) is 8.96. The van der Waals surface area contributed by atoms with Crippen molar-refractivity contribution in [3.8, 4) is 22.8 Å². The number of rotatable bonds is 11. The zero-order valence-electron chi connectivity index (χ0n) is 23.8. The molecule has 5 rings (SSSR count). The van der Waals surface area contributed by atoms with E-state index in [-0.39, 0.29) is 23.1 Å². The fraction of sp³-hybridized carbons (Fsp3) is 0.0625. The summed E-state index contributed by atoms with van der Waals surface area (Å²) in [6, 6.07) is 22.2. The highest BCUT2D eigenvalue weighted by Gasteiger charge is 2.15. The first-order valence-electron chi connectivity index (χ1n) is 13.4. The fourth-order valence-corrected chi connectivity index (χ4v) is 5.44. The molecular weight excluding hydrogens is 692 g/mol. The molecule has 0 aliphatic rings. The molecule has 0 aliphatic heterocycles. The smallest absolute Gasteiger partial charge is 0.271 e. The van der Waals surface area contributed by atoms with E-state index in [1.165, 1.54) is 30.7 Å². The number of methoxy groups -OCH3 is 1. The molecule has 1 heterocycles. The maximum absolute atomic E-state index is 12.7. The van der Waals surface area contributed by atoms with Gasteiger partial charge in [-0.1, -0.05) is 58.5 Å². The molecule has 0 fully saturated rings. The number of benzene rings is 4. The lowest BCUT2D eigenvalue weighted by Gasteiger charge is -2.13. The molecule has 3 N–H and O–H groups in total. The Kier molecular flexibility index (Phi) is 11.0. The van der Waals surface area contributed by atoms with Gasteiger partial charge in [-0.15, -0.1) is 11.3 Å². The van der Waals surface area contributed by atoms with Crippen LogP contribution in [-0.2, 0) is 4.79 Å². The van der Waals surface area contributed by atoms with E-state index in [1.54, 1.807) is 48.5 Å². The zero-order valence-corrected chi connectivity index (χ0v) is 27.7. The second kappa shape index (κ2) is 15.3. The standard InChI is InChI=1S/C32H23Cl4N5O4S/c1-44-28-13-18(12-26(36)30(28)45-16-29(42)38-23-10-11-24(34)25(35)14-23)15-37-41-31(43)20-4-2-19(3-5-20)27-17-46-32(40-27)39-22-8-6-21(33)7-9-22/h2-15,17H,16H2,1H3,(H,38,42)(H,39,40)(H,41,43)/b37-15-. The van der Waals surface area contributed by atoms with Crippen molar-refractivity contribution in [1.29, 1.82) is 0 Å². The van der Waals surface area contributed by atoms with Crippen LogP contribution in [0.2, 0.25) is 20.1 Å². The molecule has 0 saturated heterocycles. The number of hydrogen-bond acceptors (Lipinski definition) is 8. The van der Waals surface area contributed by atoms with Crippen molar-refractivity contribution in [3.63, 3.8) is 0 Å². The average molecular weight is 715 g/mol. The largest absolute Gasteiger partial charge is 0.493 e. The van der Waals surface area contributed by atoms with Crippen molar-refractivity contribution in [2.75, 3.05) is 24.4 Å². The summed E-state index contributed by atoms with van der Waals surface area (Å²) < 4.78 is 11.0. The summed E-state index contributed by atoms with van der Waals surface area (Å²) in [7, 11) is 1.43. The Bertz CT molecular complexity index is 1900. The summed E-state index contributed by atoms with van der Waals surface area (Å²) in [5.41, 5.74) is 6.40. The van der Waals surface area contributed by atoms with E-state index in [9.17, 15) is 9.59 Å². The number of hydrazone groups is 1. The third kappa shape index (κ3) is 8.68. The number of thiazole rings is 1. The number of amides is 2. The summed E-state index contributed by atoms with van der Waals surface area (Å²) >= 11 is 25.7. The molecule has 0 unspecified atom stereocenters. The fourth-order valence-electron chi connectivity index (χ4n) is 4.01. The van der Waals surface area contributed by atoms with E-state index in [4.69, 9.17) is 55.9 Å². The van der Waals surface area contributed by atoms with Crippen molar-refractivity contribution in [2.45, 2.75) is 0 Å². The molecule has 0 saturated carbocycles. The van der Waals surface area contributed by atoms with Gasteiger partial charge in [-0.05, 0) is 72.3 Å². The van der Waals surface area contributed by atoms with Crippen LogP contribution in [0.25, 0.3) is 11.3 Å². The maximum Gasteiger partial charge on any atom is 0.271 e. The number of carbonyl (C=O) groups is 2. The average Bonchev–Trinajstić information content (AvgIpc) is 3.51. The van der Waals surface area contributed by atoms with Crippen LogP contribution in [0.1, 0.15) is 15.9 Å². The van der Waals surface area contributed by atoms with E-state index in [2.05, 4.69) is 26.1 Å². The molecule has 0 aliphatic carbocycles. The maximum atomic E-state index is 12.7. The molecule has 0 radical (unpaired) electrons. The summed E-state index contributed by atoms with van der Waals surface area (Å²) in [6.45, 7) is -0.345. The lowest BCUT2D eigenvalue weighted by molar-refractivity contribution is -0.118. The predicted molar refractivity (Wildman–Crippen MR) is 186 cm³/mol. The normalized spacial score (nSPS) is 10.9. The lowest BCUT2D eigenvalue weighted by Crippen LogP contribution is -2.20. The molecular formula is C32H23Cl4N5O4S. The van der Waals surface area contributed by atoms with Gasteiger partial charge in [0.05, 0.1) is 34.1 Å². The zero-order chi connectivity index (χ0) is 32.6. The minimum absolute atomic E-state index is 0.169. The molecule has 0 atom stereocenters. The lowest BCUT2D eigenvalue weighted by atomic mass is 10.1. The van der Waals surface area contributed by atoms with Gasteiger partial charge < -0.3 is 20.1 Å². The van der Waals surface area contributed by atoms with Crippen molar-refractivity contribution >= 4 is 92.3 Å². The topological polar surface area (TPSA) is 114 Å². The quantitative estimate of drug-likeness (QED) is 0.0930. The Morgan fingerprint density at radius 1 is 0.891 bits per heavy atom. The highest BCUT2D eigenvalue weighted by molar-refractivity contribution is 7.14. The summed E-state index contributed by atoms with van der Waals surface area (Å²) in [5, 5.41) is 14.1. The molecule has 0 spiro atoms. The first-order valence-corrected chi connectivity index (χ1v) is 15.7. The number of anilines is 3. The number of nitrogens with zero attached hydrogens (tertiary/aromatic N) is 2. The number of carbonyl (C=O) groups excluding carboxylic acids is 2. The first-order chi connectivity index (χ1) is 22.2. The van der Waals surface area contributed by atoms with Gasteiger partial charge in [0.15, 0.2) is 23.2 Å². The number of halogens is 4. The number of nitrogens with one attached hydrogen (secondary N) is 3. The molecule has 1 aromatic heterocycles. The Hall–Kier alpha value is -4.32. The molecule has 9 nitrogen and oxygen atoms in total.